The van der Waals surface area contributed by atoms with Crippen molar-refractivity contribution in [2.45, 2.75) is 75.8 Å². The number of anilines is 1. The molecule has 0 aromatic heterocycles. The molecular formula is C22H30N2O5S. The van der Waals surface area contributed by atoms with Gasteiger partial charge in [0.15, 0.2) is 0 Å². The maximum Gasteiger partial charge on any atom is 0.324 e. The minimum absolute atomic E-state index is 0.0216. The number of carbonyl (C=O) groups excluding carboxylic acids is 2. The first-order valence-electron chi connectivity index (χ1n) is 11.0. The highest BCUT2D eigenvalue weighted by molar-refractivity contribution is 7.89. The Morgan fingerprint density at radius 2 is 1.90 bits per heavy atom. The SMILES string of the molecule is CCOC(=O)[C@@H]1CCCCN1S(=O)(=O)c1ccc2c(c1)C[C@@H](C)N2C(=O)C1CCC1. The number of sulfonamides is 1. The van der Waals surface area contributed by atoms with E-state index in [0.29, 0.717) is 19.4 Å². The van der Waals surface area contributed by atoms with E-state index in [1.165, 1.54) is 4.31 Å². The van der Waals surface area contributed by atoms with Crippen molar-refractivity contribution in [2.75, 3.05) is 18.1 Å². The lowest BCUT2D eigenvalue weighted by Gasteiger charge is -2.33. The first-order valence-corrected chi connectivity index (χ1v) is 12.4. The van der Waals surface area contributed by atoms with Gasteiger partial charge in [0.1, 0.15) is 6.04 Å². The summed E-state index contributed by atoms with van der Waals surface area (Å²) in [6.07, 6.45) is 5.61. The molecule has 2 aliphatic heterocycles. The second kappa shape index (κ2) is 8.30. The normalized spacial score (nSPS) is 24.9. The van der Waals surface area contributed by atoms with Gasteiger partial charge in [-0.1, -0.05) is 6.42 Å². The first-order chi connectivity index (χ1) is 14.3. The van der Waals surface area contributed by atoms with Crippen molar-refractivity contribution in [2.24, 2.45) is 5.92 Å². The van der Waals surface area contributed by atoms with Gasteiger partial charge in [-0.15, -0.1) is 0 Å². The van der Waals surface area contributed by atoms with Crippen molar-refractivity contribution >= 4 is 27.6 Å². The molecule has 1 aromatic carbocycles. The molecule has 7 nitrogen and oxygen atoms in total. The number of ether oxygens (including phenoxy) is 1. The lowest BCUT2D eigenvalue weighted by atomic mass is 9.84. The molecule has 2 atom stereocenters. The zero-order valence-electron chi connectivity index (χ0n) is 17.7. The molecule has 0 radical (unpaired) electrons. The molecule has 164 valence electrons. The van der Waals surface area contributed by atoms with Crippen molar-refractivity contribution in [3.8, 4) is 0 Å². The average Bonchev–Trinajstić information content (AvgIpc) is 3.01. The highest BCUT2D eigenvalue weighted by Gasteiger charge is 2.41. The predicted molar refractivity (Wildman–Crippen MR) is 113 cm³/mol. The monoisotopic (exact) mass is 434 g/mol. The summed E-state index contributed by atoms with van der Waals surface area (Å²) in [5, 5.41) is 0. The Kier molecular flexibility index (Phi) is 5.90. The van der Waals surface area contributed by atoms with E-state index in [4.69, 9.17) is 4.74 Å². The highest BCUT2D eigenvalue weighted by atomic mass is 32.2. The van der Waals surface area contributed by atoms with E-state index in [1.54, 1.807) is 25.1 Å². The molecule has 0 unspecified atom stereocenters. The van der Waals surface area contributed by atoms with Gasteiger partial charge in [-0.2, -0.15) is 4.31 Å². The highest BCUT2D eigenvalue weighted by Crippen LogP contribution is 2.39. The molecule has 4 rings (SSSR count). The van der Waals surface area contributed by atoms with Gasteiger partial charge in [-0.25, -0.2) is 8.42 Å². The van der Waals surface area contributed by atoms with Gasteiger partial charge < -0.3 is 9.64 Å². The van der Waals surface area contributed by atoms with Gasteiger partial charge in [0, 0.05) is 24.2 Å². The third kappa shape index (κ3) is 3.64. The zero-order valence-corrected chi connectivity index (χ0v) is 18.5. The Bertz CT molecular complexity index is 941. The van der Waals surface area contributed by atoms with Crippen LogP contribution in [0.15, 0.2) is 23.1 Å². The second-order valence-electron chi connectivity index (χ2n) is 8.56. The van der Waals surface area contributed by atoms with Crippen molar-refractivity contribution in [1.82, 2.24) is 4.31 Å². The molecule has 1 aromatic rings. The molecule has 0 N–H and O–H groups in total. The van der Waals surface area contributed by atoms with Crippen LogP contribution in [0.1, 0.15) is 57.9 Å². The van der Waals surface area contributed by atoms with Gasteiger partial charge in [0.25, 0.3) is 0 Å². The summed E-state index contributed by atoms with van der Waals surface area (Å²) in [4.78, 5) is 27.2. The third-order valence-electron chi connectivity index (χ3n) is 6.58. The summed E-state index contributed by atoms with van der Waals surface area (Å²) in [6, 6.07) is 4.27. The number of benzene rings is 1. The van der Waals surface area contributed by atoms with Crippen LogP contribution in [0.4, 0.5) is 5.69 Å². The predicted octanol–water partition coefficient (Wildman–Crippen LogP) is 2.87. The standard InChI is InChI=1S/C22H30N2O5S/c1-3-29-22(26)20-9-4-5-12-23(20)30(27,28)18-10-11-19-17(14-18)13-15(2)24(19)21(25)16-7-6-8-16/h10-11,14-16,20H,3-9,12-13H2,1-2H3/t15-,20+/m1/s1. The summed E-state index contributed by atoms with van der Waals surface area (Å²) < 4.78 is 33.2. The van der Waals surface area contributed by atoms with E-state index in [2.05, 4.69) is 0 Å². The molecular weight excluding hydrogens is 404 g/mol. The maximum absolute atomic E-state index is 13.4. The number of fused-ring (bicyclic) bond motifs is 1. The number of piperidine rings is 1. The molecule has 30 heavy (non-hydrogen) atoms. The topological polar surface area (TPSA) is 84.0 Å². The molecule has 1 saturated carbocycles. The molecule has 1 amide bonds. The Balaban J connectivity index is 1.62. The maximum atomic E-state index is 13.4. The Labute approximate surface area is 178 Å². The van der Waals surface area contributed by atoms with Crippen LogP contribution in [-0.2, 0) is 30.8 Å². The summed E-state index contributed by atoms with van der Waals surface area (Å²) in [5.41, 5.74) is 1.69. The Hall–Kier alpha value is -1.93. The smallest absolute Gasteiger partial charge is 0.324 e. The quantitative estimate of drug-likeness (QED) is 0.666. The molecule has 3 aliphatic rings. The number of hydrogen-bond acceptors (Lipinski definition) is 5. The van der Waals surface area contributed by atoms with Gasteiger partial charge in [0.2, 0.25) is 15.9 Å². The van der Waals surface area contributed by atoms with Gasteiger partial charge in [0.05, 0.1) is 11.5 Å². The van der Waals surface area contributed by atoms with Crippen molar-refractivity contribution < 1.29 is 22.7 Å². The van der Waals surface area contributed by atoms with Gasteiger partial charge in [-0.05, 0) is 76.1 Å². The molecule has 0 bridgehead atoms. The van der Waals surface area contributed by atoms with E-state index in [1.807, 2.05) is 11.8 Å². The van der Waals surface area contributed by atoms with Gasteiger partial charge >= 0.3 is 5.97 Å². The van der Waals surface area contributed by atoms with Crippen LogP contribution in [0.25, 0.3) is 0 Å². The lowest BCUT2D eigenvalue weighted by Crippen LogP contribution is -2.48. The molecule has 8 heteroatoms. The molecule has 0 spiro atoms. The van der Waals surface area contributed by atoms with E-state index in [9.17, 15) is 18.0 Å². The van der Waals surface area contributed by atoms with Crippen LogP contribution in [0, 0.1) is 5.92 Å². The fourth-order valence-electron chi connectivity index (χ4n) is 4.76. The van der Waals surface area contributed by atoms with Crippen LogP contribution in [0.2, 0.25) is 0 Å². The number of hydrogen-bond donors (Lipinski definition) is 0. The fourth-order valence-corrected chi connectivity index (χ4v) is 6.46. The van der Waals surface area contributed by atoms with Crippen LogP contribution in [0.5, 0.6) is 0 Å². The zero-order chi connectivity index (χ0) is 21.5. The van der Waals surface area contributed by atoms with Crippen LogP contribution in [0.3, 0.4) is 0 Å². The van der Waals surface area contributed by atoms with E-state index in [-0.39, 0.29) is 29.4 Å². The molecule has 1 aliphatic carbocycles. The number of rotatable bonds is 5. The number of nitrogens with zero attached hydrogens (tertiary/aromatic N) is 2. The van der Waals surface area contributed by atoms with Crippen molar-refractivity contribution in [1.29, 1.82) is 0 Å². The number of esters is 1. The summed E-state index contributed by atoms with van der Waals surface area (Å²) in [6.45, 7) is 4.26. The molecule has 2 heterocycles. The van der Waals surface area contributed by atoms with Crippen LogP contribution >= 0.6 is 0 Å². The Morgan fingerprint density at radius 3 is 2.57 bits per heavy atom. The van der Waals surface area contributed by atoms with Gasteiger partial charge in [-0.3, -0.25) is 9.59 Å². The number of carbonyl (C=O) groups is 2. The van der Waals surface area contributed by atoms with Crippen LogP contribution < -0.4 is 4.90 Å². The van der Waals surface area contributed by atoms with Crippen molar-refractivity contribution in [3.05, 3.63) is 23.8 Å². The summed E-state index contributed by atoms with van der Waals surface area (Å²) >= 11 is 0. The Morgan fingerprint density at radius 1 is 1.13 bits per heavy atom. The lowest BCUT2D eigenvalue weighted by molar-refractivity contribution is -0.148. The number of amides is 1. The van der Waals surface area contributed by atoms with Crippen molar-refractivity contribution in [3.63, 3.8) is 0 Å². The minimum Gasteiger partial charge on any atom is -0.465 e. The van der Waals surface area contributed by atoms with E-state index in [0.717, 1.165) is 43.4 Å². The minimum atomic E-state index is -3.83. The van der Waals surface area contributed by atoms with E-state index < -0.39 is 22.0 Å². The second-order valence-corrected chi connectivity index (χ2v) is 10.4. The van der Waals surface area contributed by atoms with E-state index >= 15 is 0 Å². The first kappa shape index (κ1) is 21.3. The molecule has 2 fully saturated rings. The fraction of sp³-hybridized carbons (Fsp3) is 0.636. The largest absolute Gasteiger partial charge is 0.465 e. The summed E-state index contributed by atoms with van der Waals surface area (Å²) in [5.74, 6) is -0.227. The van der Waals surface area contributed by atoms with Crippen LogP contribution in [-0.4, -0.2) is 49.8 Å². The summed E-state index contributed by atoms with van der Waals surface area (Å²) in [7, 11) is -3.83. The average molecular weight is 435 g/mol. The third-order valence-corrected chi connectivity index (χ3v) is 8.48. The molecule has 1 saturated heterocycles.